The first kappa shape index (κ1) is 18.0. The number of urea groups is 1. The third-order valence-electron chi connectivity index (χ3n) is 6.51. The smallest absolute Gasteiger partial charge is 0.317 e. The summed E-state index contributed by atoms with van der Waals surface area (Å²) in [6.45, 7) is 1.37. The third-order valence-corrected chi connectivity index (χ3v) is 6.75. The maximum Gasteiger partial charge on any atom is 0.317 e. The van der Waals surface area contributed by atoms with Crippen molar-refractivity contribution >= 4 is 17.6 Å². The SMILES string of the molecule is Cn1nccc1C1NNC2CC3NC(=O)N(Cc4cccc(Cl)c4)CC3CC21. The molecule has 0 spiro atoms. The number of nitrogens with zero attached hydrogens (tertiary/aromatic N) is 3. The molecule has 5 rings (SSSR count). The Hall–Kier alpha value is -2.09. The molecule has 8 heteroatoms. The van der Waals surface area contributed by atoms with Gasteiger partial charge in [-0.15, -0.1) is 0 Å². The highest BCUT2D eigenvalue weighted by Crippen LogP contribution is 2.41. The first-order valence-corrected chi connectivity index (χ1v) is 10.2. The molecule has 2 amide bonds. The fourth-order valence-corrected chi connectivity index (χ4v) is 5.34. The van der Waals surface area contributed by atoms with Gasteiger partial charge in [-0.2, -0.15) is 5.10 Å². The Morgan fingerprint density at radius 3 is 2.89 bits per heavy atom. The van der Waals surface area contributed by atoms with E-state index in [1.54, 1.807) is 0 Å². The fraction of sp³-hybridized carbons (Fsp3) is 0.500. The van der Waals surface area contributed by atoms with Crippen LogP contribution in [-0.2, 0) is 13.6 Å². The van der Waals surface area contributed by atoms with Crippen molar-refractivity contribution in [2.45, 2.75) is 37.5 Å². The van der Waals surface area contributed by atoms with Gasteiger partial charge in [0.05, 0.1) is 11.7 Å². The van der Waals surface area contributed by atoms with Crippen molar-refractivity contribution in [1.82, 2.24) is 30.8 Å². The molecule has 5 unspecified atom stereocenters. The highest BCUT2D eigenvalue weighted by molar-refractivity contribution is 6.30. The Morgan fingerprint density at radius 2 is 2.11 bits per heavy atom. The average Bonchev–Trinajstić information content (AvgIpc) is 3.26. The molecular formula is C20H25ClN6O. The minimum absolute atomic E-state index is 0.0221. The lowest BCUT2D eigenvalue weighted by Gasteiger charge is -2.45. The van der Waals surface area contributed by atoms with Crippen LogP contribution in [-0.4, -0.2) is 39.3 Å². The van der Waals surface area contributed by atoms with Crippen molar-refractivity contribution < 1.29 is 4.79 Å². The minimum Gasteiger partial charge on any atom is -0.335 e. The molecule has 1 saturated carbocycles. The number of nitrogens with one attached hydrogen (secondary N) is 3. The first-order valence-electron chi connectivity index (χ1n) is 9.87. The summed E-state index contributed by atoms with van der Waals surface area (Å²) in [6.07, 6.45) is 3.87. The molecule has 5 atom stereocenters. The molecule has 2 aliphatic heterocycles. The molecular weight excluding hydrogens is 376 g/mol. The predicted octanol–water partition coefficient (Wildman–Crippen LogP) is 2.21. The van der Waals surface area contributed by atoms with Crippen molar-refractivity contribution in [2.24, 2.45) is 18.9 Å². The van der Waals surface area contributed by atoms with Crippen LogP contribution in [0.5, 0.6) is 0 Å². The largest absolute Gasteiger partial charge is 0.335 e. The van der Waals surface area contributed by atoms with Gasteiger partial charge < -0.3 is 10.2 Å². The Labute approximate surface area is 169 Å². The standard InChI is InChI=1S/C20H25ClN6O/c1-26-18(5-6-22-26)19-15-8-13-11-27(10-12-3-2-4-14(21)7-12)20(28)23-16(13)9-17(15)24-25-19/h2-7,13,15-17,19,24-25H,8-11H2,1H3,(H,23,28). The van der Waals surface area contributed by atoms with E-state index in [1.807, 2.05) is 47.1 Å². The van der Waals surface area contributed by atoms with Crippen LogP contribution >= 0.6 is 11.6 Å². The number of benzene rings is 1. The van der Waals surface area contributed by atoms with Crippen LogP contribution in [0.4, 0.5) is 4.79 Å². The van der Waals surface area contributed by atoms with Gasteiger partial charge in [-0.05, 0) is 48.4 Å². The zero-order chi connectivity index (χ0) is 19.3. The van der Waals surface area contributed by atoms with Gasteiger partial charge in [0.25, 0.3) is 0 Å². The molecule has 2 saturated heterocycles. The number of aromatic nitrogens is 2. The van der Waals surface area contributed by atoms with Crippen LogP contribution in [0.25, 0.3) is 0 Å². The quantitative estimate of drug-likeness (QED) is 0.738. The van der Waals surface area contributed by atoms with Crippen molar-refractivity contribution in [3.63, 3.8) is 0 Å². The topological polar surface area (TPSA) is 74.2 Å². The zero-order valence-electron chi connectivity index (χ0n) is 15.8. The first-order chi connectivity index (χ1) is 13.6. The van der Waals surface area contributed by atoms with E-state index >= 15 is 0 Å². The van der Waals surface area contributed by atoms with Crippen LogP contribution in [0.1, 0.15) is 30.1 Å². The van der Waals surface area contributed by atoms with Gasteiger partial charge in [0.15, 0.2) is 0 Å². The molecule has 0 bridgehead atoms. The van der Waals surface area contributed by atoms with Crippen molar-refractivity contribution in [2.75, 3.05) is 6.54 Å². The molecule has 3 N–H and O–H groups in total. The number of hydrogen-bond donors (Lipinski definition) is 3. The van der Waals surface area contributed by atoms with E-state index in [4.69, 9.17) is 11.6 Å². The average molecular weight is 401 g/mol. The molecule has 3 fully saturated rings. The van der Waals surface area contributed by atoms with E-state index in [0.717, 1.165) is 24.9 Å². The van der Waals surface area contributed by atoms with Crippen LogP contribution in [0, 0.1) is 11.8 Å². The van der Waals surface area contributed by atoms with Crippen molar-refractivity contribution in [1.29, 1.82) is 0 Å². The van der Waals surface area contributed by atoms with E-state index in [2.05, 4.69) is 27.3 Å². The monoisotopic (exact) mass is 400 g/mol. The summed E-state index contributed by atoms with van der Waals surface area (Å²) in [5.74, 6) is 0.926. The maximum atomic E-state index is 12.7. The number of rotatable bonds is 3. The number of carbonyl (C=O) groups is 1. The Morgan fingerprint density at radius 1 is 1.21 bits per heavy atom. The number of amides is 2. The van der Waals surface area contributed by atoms with Gasteiger partial charge in [-0.3, -0.25) is 10.1 Å². The second-order valence-electron chi connectivity index (χ2n) is 8.21. The molecule has 3 aliphatic rings. The van der Waals surface area contributed by atoms with E-state index in [9.17, 15) is 4.79 Å². The number of hydrazine groups is 1. The second kappa shape index (κ2) is 7.06. The Kier molecular flexibility index (Phi) is 4.53. The molecule has 148 valence electrons. The van der Waals surface area contributed by atoms with Crippen molar-refractivity contribution in [3.05, 3.63) is 52.8 Å². The van der Waals surface area contributed by atoms with Gasteiger partial charge in [0.1, 0.15) is 0 Å². The summed E-state index contributed by atoms with van der Waals surface area (Å²) >= 11 is 6.11. The summed E-state index contributed by atoms with van der Waals surface area (Å²) in [4.78, 5) is 14.6. The van der Waals surface area contributed by atoms with Gasteiger partial charge in [0.2, 0.25) is 0 Å². The lowest BCUT2D eigenvalue weighted by atomic mass is 9.72. The van der Waals surface area contributed by atoms with Gasteiger partial charge >= 0.3 is 6.03 Å². The van der Waals surface area contributed by atoms with Crippen LogP contribution < -0.4 is 16.2 Å². The minimum atomic E-state index is 0.0221. The van der Waals surface area contributed by atoms with Crippen LogP contribution in [0.3, 0.4) is 0 Å². The molecule has 1 aromatic heterocycles. The van der Waals surface area contributed by atoms with Gasteiger partial charge in [-0.1, -0.05) is 23.7 Å². The summed E-state index contributed by atoms with van der Waals surface area (Å²) in [5.41, 5.74) is 9.19. The van der Waals surface area contributed by atoms with E-state index in [-0.39, 0.29) is 18.1 Å². The summed E-state index contributed by atoms with van der Waals surface area (Å²) < 4.78 is 1.95. The molecule has 7 nitrogen and oxygen atoms in total. The number of hydrogen-bond acceptors (Lipinski definition) is 4. The van der Waals surface area contributed by atoms with E-state index in [1.165, 1.54) is 5.69 Å². The number of aryl methyl sites for hydroxylation is 1. The van der Waals surface area contributed by atoms with Gasteiger partial charge in [-0.25, -0.2) is 10.2 Å². The Bertz CT molecular complexity index is 885. The molecule has 1 aliphatic carbocycles. The molecule has 0 radical (unpaired) electrons. The van der Waals surface area contributed by atoms with Gasteiger partial charge in [0, 0.05) is 43.4 Å². The number of halogens is 1. The highest BCUT2D eigenvalue weighted by Gasteiger charge is 2.48. The highest BCUT2D eigenvalue weighted by atomic mass is 35.5. The molecule has 2 aromatic rings. The summed E-state index contributed by atoms with van der Waals surface area (Å²) in [7, 11) is 1.99. The lowest BCUT2D eigenvalue weighted by molar-refractivity contribution is 0.0957. The van der Waals surface area contributed by atoms with E-state index < -0.39 is 0 Å². The normalized spacial score (nSPS) is 32.0. The lowest BCUT2D eigenvalue weighted by Crippen LogP contribution is -2.60. The predicted molar refractivity (Wildman–Crippen MR) is 106 cm³/mol. The third kappa shape index (κ3) is 3.17. The molecule has 28 heavy (non-hydrogen) atoms. The number of fused-ring (bicyclic) bond motifs is 2. The van der Waals surface area contributed by atoms with Crippen molar-refractivity contribution in [3.8, 4) is 0 Å². The molecule has 1 aromatic carbocycles. The zero-order valence-corrected chi connectivity index (χ0v) is 16.6. The summed E-state index contributed by atoms with van der Waals surface area (Å²) in [6, 6.07) is 10.7. The number of carbonyl (C=O) groups excluding carboxylic acids is 1. The fourth-order valence-electron chi connectivity index (χ4n) is 5.13. The second-order valence-corrected chi connectivity index (χ2v) is 8.65. The maximum absolute atomic E-state index is 12.7. The molecule has 3 heterocycles. The summed E-state index contributed by atoms with van der Waals surface area (Å²) in [5, 5.41) is 8.28. The van der Waals surface area contributed by atoms with Crippen LogP contribution in [0.15, 0.2) is 36.5 Å². The van der Waals surface area contributed by atoms with E-state index in [0.29, 0.717) is 29.4 Å². The van der Waals surface area contributed by atoms with Crippen LogP contribution in [0.2, 0.25) is 5.02 Å². The Balaban J connectivity index is 1.32.